The van der Waals surface area contributed by atoms with Crippen molar-refractivity contribution in [3.63, 3.8) is 0 Å². The number of nitrogens with zero attached hydrogens (tertiary/aromatic N) is 3. The number of rotatable bonds is 1. The van der Waals surface area contributed by atoms with E-state index in [1.807, 2.05) is 19.1 Å². The van der Waals surface area contributed by atoms with Crippen LogP contribution in [0, 0.1) is 12.7 Å². The largest absolute Gasteiger partial charge is 0.220 e. The number of fused-ring (bicyclic) bond motifs is 1. The average Bonchev–Trinajstić information content (AvgIpc) is 2.75. The lowest BCUT2D eigenvalue weighted by molar-refractivity contribution is 0.630. The summed E-state index contributed by atoms with van der Waals surface area (Å²) < 4.78 is 15.3. The molecule has 0 radical (unpaired) electrons. The van der Waals surface area contributed by atoms with Gasteiger partial charge in [0.05, 0.1) is 5.56 Å². The minimum Gasteiger partial charge on any atom is -0.220 e. The van der Waals surface area contributed by atoms with Crippen LogP contribution in [0.25, 0.3) is 17.0 Å². The van der Waals surface area contributed by atoms with Crippen molar-refractivity contribution < 1.29 is 4.39 Å². The second-order valence-corrected chi connectivity index (χ2v) is 3.87. The van der Waals surface area contributed by atoms with Crippen LogP contribution in [0.4, 0.5) is 4.39 Å². The summed E-state index contributed by atoms with van der Waals surface area (Å²) in [6.07, 6.45) is 1.81. The van der Waals surface area contributed by atoms with Gasteiger partial charge in [-0.15, -0.1) is 5.10 Å². The molecule has 2 heterocycles. The molecule has 0 N–H and O–H groups in total. The Morgan fingerprint density at radius 2 is 1.94 bits per heavy atom. The van der Waals surface area contributed by atoms with Crippen molar-refractivity contribution in [2.75, 3.05) is 0 Å². The van der Waals surface area contributed by atoms with Gasteiger partial charge in [-0.1, -0.05) is 18.2 Å². The fourth-order valence-corrected chi connectivity index (χ4v) is 1.80. The molecule has 0 atom stereocenters. The Kier molecular flexibility index (Phi) is 2.14. The number of pyridine rings is 1. The van der Waals surface area contributed by atoms with Gasteiger partial charge in [-0.05, 0) is 30.7 Å². The molecule has 3 aromatic rings. The maximum atomic E-state index is 13.6. The molecular formula is C13H10FN3. The van der Waals surface area contributed by atoms with Crippen molar-refractivity contribution in [2.45, 2.75) is 6.92 Å². The third-order valence-corrected chi connectivity index (χ3v) is 2.67. The van der Waals surface area contributed by atoms with E-state index >= 15 is 0 Å². The maximum absolute atomic E-state index is 13.6. The van der Waals surface area contributed by atoms with Gasteiger partial charge in [0.1, 0.15) is 5.82 Å². The monoisotopic (exact) mass is 227 g/mol. The summed E-state index contributed by atoms with van der Waals surface area (Å²) >= 11 is 0. The molecule has 0 saturated carbocycles. The van der Waals surface area contributed by atoms with E-state index in [4.69, 9.17) is 0 Å². The third kappa shape index (κ3) is 1.58. The van der Waals surface area contributed by atoms with Crippen molar-refractivity contribution in [3.8, 4) is 11.4 Å². The van der Waals surface area contributed by atoms with Crippen LogP contribution in [-0.2, 0) is 0 Å². The summed E-state index contributed by atoms with van der Waals surface area (Å²) in [7, 11) is 0. The molecule has 0 aliphatic rings. The number of hydrogen-bond donors (Lipinski definition) is 0. The predicted octanol–water partition coefficient (Wildman–Crippen LogP) is 2.84. The summed E-state index contributed by atoms with van der Waals surface area (Å²) in [6.45, 7) is 1.95. The molecule has 84 valence electrons. The van der Waals surface area contributed by atoms with E-state index in [2.05, 4.69) is 10.1 Å². The first-order valence-electron chi connectivity index (χ1n) is 5.32. The number of hydrogen-bond acceptors (Lipinski definition) is 2. The lowest BCUT2D eigenvalue weighted by Crippen LogP contribution is -1.88. The standard InChI is InChI=1S/C13H10FN3/c1-9-5-4-8-17-13(9)15-12(16-17)10-6-2-3-7-11(10)14/h2-8H,1H3. The Bertz CT molecular complexity index is 688. The zero-order chi connectivity index (χ0) is 11.8. The molecule has 0 saturated heterocycles. The highest BCUT2D eigenvalue weighted by Gasteiger charge is 2.10. The Morgan fingerprint density at radius 1 is 1.12 bits per heavy atom. The van der Waals surface area contributed by atoms with Gasteiger partial charge in [-0.25, -0.2) is 13.9 Å². The van der Waals surface area contributed by atoms with Crippen LogP contribution in [0.2, 0.25) is 0 Å². The summed E-state index contributed by atoms with van der Waals surface area (Å²) in [5, 5.41) is 4.27. The van der Waals surface area contributed by atoms with Crippen LogP contribution < -0.4 is 0 Å². The minimum atomic E-state index is -0.305. The summed E-state index contributed by atoms with van der Waals surface area (Å²) in [5.74, 6) is 0.110. The first kappa shape index (κ1) is 9.96. The van der Waals surface area contributed by atoms with Crippen LogP contribution in [0.15, 0.2) is 42.6 Å². The molecule has 0 unspecified atom stereocenters. The molecule has 4 heteroatoms. The number of aromatic nitrogens is 3. The highest BCUT2D eigenvalue weighted by molar-refractivity contribution is 5.60. The fraction of sp³-hybridized carbons (Fsp3) is 0.0769. The second-order valence-electron chi connectivity index (χ2n) is 3.87. The Hall–Kier alpha value is -2.23. The summed E-state index contributed by atoms with van der Waals surface area (Å²) in [4.78, 5) is 4.36. The van der Waals surface area contributed by atoms with E-state index in [0.717, 1.165) is 11.2 Å². The van der Waals surface area contributed by atoms with E-state index in [-0.39, 0.29) is 5.82 Å². The van der Waals surface area contributed by atoms with E-state index in [0.29, 0.717) is 11.4 Å². The van der Waals surface area contributed by atoms with Crippen LogP contribution in [0.1, 0.15) is 5.56 Å². The lowest BCUT2D eigenvalue weighted by atomic mass is 10.2. The second kappa shape index (κ2) is 3.66. The van der Waals surface area contributed by atoms with E-state index in [9.17, 15) is 4.39 Å². The van der Waals surface area contributed by atoms with Crippen LogP contribution >= 0.6 is 0 Å². The number of aryl methyl sites for hydroxylation is 1. The first-order chi connectivity index (χ1) is 8.25. The van der Waals surface area contributed by atoms with Crippen LogP contribution in [0.3, 0.4) is 0 Å². The summed E-state index contributed by atoms with van der Waals surface area (Å²) in [6, 6.07) is 10.4. The Labute approximate surface area is 97.5 Å². The molecule has 2 aromatic heterocycles. The van der Waals surface area contributed by atoms with Crippen molar-refractivity contribution in [3.05, 3.63) is 54.0 Å². The van der Waals surface area contributed by atoms with Gasteiger partial charge in [0.25, 0.3) is 0 Å². The van der Waals surface area contributed by atoms with Gasteiger partial charge in [-0.3, -0.25) is 0 Å². The average molecular weight is 227 g/mol. The highest BCUT2D eigenvalue weighted by Crippen LogP contribution is 2.20. The molecule has 3 nitrogen and oxygen atoms in total. The van der Waals surface area contributed by atoms with Crippen molar-refractivity contribution in [2.24, 2.45) is 0 Å². The lowest BCUT2D eigenvalue weighted by Gasteiger charge is -1.95. The van der Waals surface area contributed by atoms with Gasteiger partial charge in [-0.2, -0.15) is 0 Å². The van der Waals surface area contributed by atoms with Crippen molar-refractivity contribution in [1.29, 1.82) is 0 Å². The zero-order valence-corrected chi connectivity index (χ0v) is 9.26. The summed E-state index contributed by atoms with van der Waals surface area (Å²) in [5.41, 5.74) is 2.20. The van der Waals surface area contributed by atoms with Crippen molar-refractivity contribution >= 4 is 5.65 Å². The van der Waals surface area contributed by atoms with E-state index in [1.165, 1.54) is 6.07 Å². The molecule has 0 amide bonds. The van der Waals surface area contributed by atoms with Crippen LogP contribution in [-0.4, -0.2) is 14.6 Å². The SMILES string of the molecule is Cc1cccn2nc(-c3ccccc3F)nc12. The molecule has 0 fully saturated rings. The van der Waals surface area contributed by atoms with Gasteiger partial charge < -0.3 is 0 Å². The maximum Gasteiger partial charge on any atom is 0.185 e. The van der Waals surface area contributed by atoms with E-state index < -0.39 is 0 Å². The molecule has 0 bridgehead atoms. The highest BCUT2D eigenvalue weighted by atomic mass is 19.1. The normalized spacial score (nSPS) is 10.9. The van der Waals surface area contributed by atoms with Gasteiger partial charge in [0, 0.05) is 6.20 Å². The zero-order valence-electron chi connectivity index (χ0n) is 9.26. The van der Waals surface area contributed by atoms with Gasteiger partial charge >= 0.3 is 0 Å². The fourth-order valence-electron chi connectivity index (χ4n) is 1.80. The molecule has 0 spiro atoms. The quantitative estimate of drug-likeness (QED) is 0.640. The molecule has 0 aliphatic heterocycles. The van der Waals surface area contributed by atoms with Crippen LogP contribution in [0.5, 0.6) is 0 Å². The van der Waals surface area contributed by atoms with E-state index in [1.54, 1.807) is 28.9 Å². The third-order valence-electron chi connectivity index (χ3n) is 2.67. The smallest absolute Gasteiger partial charge is 0.185 e. The molecule has 0 aliphatic carbocycles. The first-order valence-corrected chi connectivity index (χ1v) is 5.32. The predicted molar refractivity (Wildman–Crippen MR) is 63.1 cm³/mol. The topological polar surface area (TPSA) is 30.2 Å². The Morgan fingerprint density at radius 3 is 2.71 bits per heavy atom. The van der Waals surface area contributed by atoms with Crippen molar-refractivity contribution in [1.82, 2.24) is 14.6 Å². The number of halogens is 1. The number of benzene rings is 1. The molecule has 1 aromatic carbocycles. The Balaban J connectivity index is 2.26. The molecule has 17 heavy (non-hydrogen) atoms. The van der Waals surface area contributed by atoms with Gasteiger partial charge in [0.15, 0.2) is 11.5 Å². The minimum absolute atomic E-state index is 0.305. The van der Waals surface area contributed by atoms with Gasteiger partial charge in [0.2, 0.25) is 0 Å². The molecular weight excluding hydrogens is 217 g/mol. The molecule has 3 rings (SSSR count).